The zero-order valence-corrected chi connectivity index (χ0v) is 13.0. The summed E-state index contributed by atoms with van der Waals surface area (Å²) in [5.74, 6) is 0.350. The molecule has 2 aromatic carbocycles. The lowest BCUT2D eigenvalue weighted by Gasteiger charge is -2.23. The highest BCUT2D eigenvalue weighted by Crippen LogP contribution is 2.23. The number of hydrogen-bond acceptors (Lipinski definition) is 2. The molecule has 22 heavy (non-hydrogen) atoms. The van der Waals surface area contributed by atoms with Crippen LogP contribution in [0.1, 0.15) is 35.8 Å². The highest BCUT2D eigenvalue weighted by atomic mass is 19.1. The normalized spacial score (nSPS) is 12.0. The van der Waals surface area contributed by atoms with E-state index in [1.807, 2.05) is 13.8 Å². The first-order valence-corrected chi connectivity index (χ1v) is 7.21. The first kappa shape index (κ1) is 16.0. The van der Waals surface area contributed by atoms with E-state index in [1.54, 1.807) is 43.5 Å². The maximum absolute atomic E-state index is 13.1. The lowest BCUT2D eigenvalue weighted by Crippen LogP contribution is -2.31. The quantitative estimate of drug-likeness (QED) is 0.907. The Morgan fingerprint density at radius 3 is 2.41 bits per heavy atom. The van der Waals surface area contributed by atoms with Crippen LogP contribution in [-0.4, -0.2) is 13.0 Å². The molecule has 0 saturated carbocycles. The minimum Gasteiger partial charge on any atom is -0.497 e. The van der Waals surface area contributed by atoms with Crippen molar-refractivity contribution < 1.29 is 13.9 Å². The van der Waals surface area contributed by atoms with Gasteiger partial charge in [0.15, 0.2) is 0 Å². The molecule has 0 radical (unpaired) electrons. The molecule has 2 rings (SSSR count). The van der Waals surface area contributed by atoms with Gasteiger partial charge in [0.05, 0.1) is 13.2 Å². The van der Waals surface area contributed by atoms with E-state index in [9.17, 15) is 9.18 Å². The van der Waals surface area contributed by atoms with Crippen molar-refractivity contribution in [2.75, 3.05) is 7.11 Å². The molecule has 1 amide bonds. The van der Waals surface area contributed by atoms with Gasteiger partial charge in [-0.2, -0.15) is 0 Å². The molecule has 1 N–H and O–H groups in total. The van der Waals surface area contributed by atoms with Gasteiger partial charge in [-0.3, -0.25) is 4.79 Å². The molecule has 0 aliphatic rings. The minimum atomic E-state index is -0.287. The van der Waals surface area contributed by atoms with Gasteiger partial charge >= 0.3 is 0 Å². The number of carbonyl (C=O) groups is 1. The predicted molar refractivity (Wildman–Crippen MR) is 84.4 cm³/mol. The summed E-state index contributed by atoms with van der Waals surface area (Å²) in [6.07, 6.45) is 0. The van der Waals surface area contributed by atoms with Crippen LogP contribution in [0, 0.1) is 11.7 Å². The Balaban J connectivity index is 2.20. The summed E-state index contributed by atoms with van der Waals surface area (Å²) in [7, 11) is 1.56. The Labute approximate surface area is 130 Å². The number of carbonyl (C=O) groups excluding carboxylic acids is 1. The van der Waals surface area contributed by atoms with E-state index < -0.39 is 0 Å². The van der Waals surface area contributed by atoms with Crippen molar-refractivity contribution in [3.8, 4) is 5.75 Å². The van der Waals surface area contributed by atoms with Gasteiger partial charge in [0.25, 0.3) is 5.91 Å². The number of rotatable bonds is 5. The van der Waals surface area contributed by atoms with Gasteiger partial charge in [-0.05, 0) is 41.8 Å². The van der Waals surface area contributed by atoms with E-state index in [-0.39, 0.29) is 23.7 Å². The second-order valence-electron chi connectivity index (χ2n) is 5.48. The van der Waals surface area contributed by atoms with Crippen molar-refractivity contribution in [2.24, 2.45) is 5.92 Å². The Morgan fingerprint density at radius 2 is 1.82 bits per heavy atom. The molecule has 4 heteroatoms. The third kappa shape index (κ3) is 3.85. The Bertz CT molecular complexity index is 638. The van der Waals surface area contributed by atoms with Gasteiger partial charge < -0.3 is 10.1 Å². The molecular formula is C18H20FNO2. The minimum absolute atomic E-state index is 0.179. The van der Waals surface area contributed by atoms with Crippen molar-refractivity contribution in [3.63, 3.8) is 0 Å². The zero-order chi connectivity index (χ0) is 16.1. The molecule has 0 bridgehead atoms. The average Bonchev–Trinajstić information content (AvgIpc) is 2.53. The number of amides is 1. The van der Waals surface area contributed by atoms with Crippen molar-refractivity contribution in [1.82, 2.24) is 5.32 Å². The molecule has 0 aliphatic heterocycles. The third-order valence-electron chi connectivity index (χ3n) is 3.51. The van der Waals surface area contributed by atoms with Gasteiger partial charge in [-0.15, -0.1) is 0 Å². The summed E-state index contributed by atoms with van der Waals surface area (Å²) in [5.41, 5.74) is 1.42. The first-order valence-electron chi connectivity index (χ1n) is 7.21. The molecule has 0 unspecified atom stereocenters. The molecule has 0 aliphatic carbocycles. The smallest absolute Gasteiger partial charge is 0.251 e. The summed E-state index contributed by atoms with van der Waals surface area (Å²) < 4.78 is 18.2. The van der Waals surface area contributed by atoms with Crippen LogP contribution in [0.25, 0.3) is 0 Å². The fourth-order valence-corrected chi connectivity index (χ4v) is 2.29. The van der Waals surface area contributed by atoms with Crippen molar-refractivity contribution in [3.05, 3.63) is 65.5 Å². The number of halogens is 1. The Morgan fingerprint density at radius 1 is 1.14 bits per heavy atom. The van der Waals surface area contributed by atoms with Crippen LogP contribution in [-0.2, 0) is 0 Å². The maximum Gasteiger partial charge on any atom is 0.251 e. The maximum atomic E-state index is 13.1. The fourth-order valence-electron chi connectivity index (χ4n) is 2.29. The van der Waals surface area contributed by atoms with Gasteiger partial charge in [0.1, 0.15) is 11.6 Å². The summed E-state index contributed by atoms with van der Waals surface area (Å²) in [6.45, 7) is 4.03. The molecule has 0 saturated heterocycles. The highest BCUT2D eigenvalue weighted by molar-refractivity contribution is 5.94. The first-order chi connectivity index (χ1) is 10.5. The van der Waals surface area contributed by atoms with Crippen LogP contribution in [0.2, 0.25) is 0 Å². The van der Waals surface area contributed by atoms with E-state index in [4.69, 9.17) is 4.74 Å². The topological polar surface area (TPSA) is 38.3 Å². The van der Waals surface area contributed by atoms with Gasteiger partial charge in [0.2, 0.25) is 0 Å². The molecule has 0 fully saturated rings. The summed E-state index contributed by atoms with van der Waals surface area (Å²) in [5, 5.41) is 3.00. The predicted octanol–water partition coefficient (Wildman–Crippen LogP) is 3.96. The molecule has 0 spiro atoms. The molecule has 0 aromatic heterocycles. The average molecular weight is 301 g/mol. The standard InChI is InChI=1S/C18H20FNO2/c1-12(2)17(13-7-9-15(19)10-8-13)20-18(21)14-5-4-6-16(11-14)22-3/h4-12,17H,1-3H3,(H,20,21)/t17-/m1/s1. The van der Waals surface area contributed by atoms with Crippen LogP contribution in [0.4, 0.5) is 4.39 Å². The number of ether oxygens (including phenoxy) is 1. The van der Waals surface area contributed by atoms with Gasteiger partial charge in [-0.1, -0.05) is 32.0 Å². The summed E-state index contributed by atoms with van der Waals surface area (Å²) >= 11 is 0. The van der Waals surface area contributed by atoms with Crippen molar-refractivity contribution in [2.45, 2.75) is 19.9 Å². The van der Waals surface area contributed by atoms with Crippen LogP contribution in [0.3, 0.4) is 0 Å². The largest absolute Gasteiger partial charge is 0.497 e. The van der Waals surface area contributed by atoms with E-state index in [0.29, 0.717) is 11.3 Å². The fraction of sp³-hybridized carbons (Fsp3) is 0.278. The van der Waals surface area contributed by atoms with Crippen molar-refractivity contribution in [1.29, 1.82) is 0 Å². The van der Waals surface area contributed by atoms with Gasteiger partial charge in [-0.25, -0.2) is 4.39 Å². The van der Waals surface area contributed by atoms with Crippen LogP contribution in [0.5, 0.6) is 5.75 Å². The Hall–Kier alpha value is -2.36. The van der Waals surface area contributed by atoms with E-state index in [0.717, 1.165) is 5.56 Å². The molecule has 0 heterocycles. The van der Waals surface area contributed by atoms with Crippen LogP contribution >= 0.6 is 0 Å². The second kappa shape index (κ2) is 7.07. The molecular weight excluding hydrogens is 281 g/mol. The van der Waals surface area contributed by atoms with Crippen LogP contribution < -0.4 is 10.1 Å². The molecule has 3 nitrogen and oxygen atoms in total. The number of benzene rings is 2. The molecule has 1 atom stereocenters. The SMILES string of the molecule is COc1cccc(C(=O)N[C@@H](c2ccc(F)cc2)C(C)C)c1. The zero-order valence-electron chi connectivity index (χ0n) is 13.0. The second-order valence-corrected chi connectivity index (χ2v) is 5.48. The van der Waals surface area contributed by atoms with Gasteiger partial charge in [0, 0.05) is 5.56 Å². The molecule has 116 valence electrons. The third-order valence-corrected chi connectivity index (χ3v) is 3.51. The summed E-state index contributed by atoms with van der Waals surface area (Å²) in [6, 6.07) is 13.0. The van der Waals surface area contributed by atoms with E-state index in [2.05, 4.69) is 5.32 Å². The Kier molecular flexibility index (Phi) is 5.15. The lowest BCUT2D eigenvalue weighted by molar-refractivity contribution is 0.0925. The number of methoxy groups -OCH3 is 1. The molecule has 2 aromatic rings. The van der Waals surface area contributed by atoms with E-state index in [1.165, 1.54) is 12.1 Å². The van der Waals surface area contributed by atoms with Crippen LogP contribution in [0.15, 0.2) is 48.5 Å². The van der Waals surface area contributed by atoms with E-state index >= 15 is 0 Å². The lowest BCUT2D eigenvalue weighted by atomic mass is 9.95. The number of hydrogen-bond donors (Lipinski definition) is 1. The summed E-state index contributed by atoms with van der Waals surface area (Å²) in [4.78, 5) is 12.4. The number of nitrogens with one attached hydrogen (secondary N) is 1. The monoisotopic (exact) mass is 301 g/mol. The highest BCUT2D eigenvalue weighted by Gasteiger charge is 2.19. The van der Waals surface area contributed by atoms with Crippen molar-refractivity contribution >= 4 is 5.91 Å².